The quantitative estimate of drug-likeness (QED) is 0.941. The number of aromatic nitrogens is 1. The van der Waals surface area contributed by atoms with Crippen molar-refractivity contribution in [2.24, 2.45) is 0 Å². The van der Waals surface area contributed by atoms with Crippen molar-refractivity contribution in [3.8, 4) is 0 Å². The van der Waals surface area contributed by atoms with Gasteiger partial charge in [0.25, 0.3) is 0 Å². The molecule has 0 bridgehead atoms. The van der Waals surface area contributed by atoms with Crippen molar-refractivity contribution in [1.29, 1.82) is 0 Å². The molecule has 1 amide bonds. The van der Waals surface area contributed by atoms with Crippen LogP contribution in [0.5, 0.6) is 0 Å². The van der Waals surface area contributed by atoms with E-state index in [0.29, 0.717) is 11.4 Å². The van der Waals surface area contributed by atoms with Crippen LogP contribution in [-0.2, 0) is 11.2 Å². The fourth-order valence-corrected chi connectivity index (χ4v) is 3.30. The Morgan fingerprint density at radius 1 is 1.43 bits per heavy atom. The Balaban J connectivity index is 1.50. The summed E-state index contributed by atoms with van der Waals surface area (Å²) in [6.07, 6.45) is 3.17. The van der Waals surface area contributed by atoms with Crippen LogP contribution in [0.3, 0.4) is 0 Å². The van der Waals surface area contributed by atoms with E-state index >= 15 is 0 Å². The number of rotatable bonds is 4. The zero-order valence-electron chi connectivity index (χ0n) is 11.5. The maximum absolute atomic E-state index is 12.1. The topological polar surface area (TPSA) is 45.2 Å². The number of carbonyl (C=O) groups excluding carboxylic acids is 1. The standard InChI is InChI=1S/C15H16ClN3OS/c16-12-3-1-11(2-4-12)9-14(20)18-13-5-7-19(10-13)15-17-6-8-21-15/h1-4,6,8,13H,5,7,9-10H2,(H,18,20)/t13-/m0/s1. The fourth-order valence-electron chi connectivity index (χ4n) is 2.49. The zero-order valence-corrected chi connectivity index (χ0v) is 13.0. The molecule has 0 radical (unpaired) electrons. The summed E-state index contributed by atoms with van der Waals surface area (Å²) in [6, 6.07) is 7.60. The Morgan fingerprint density at radius 2 is 2.24 bits per heavy atom. The van der Waals surface area contributed by atoms with E-state index in [1.807, 2.05) is 35.8 Å². The first-order valence-electron chi connectivity index (χ1n) is 6.89. The van der Waals surface area contributed by atoms with E-state index in [0.717, 1.165) is 30.2 Å². The summed E-state index contributed by atoms with van der Waals surface area (Å²) in [4.78, 5) is 18.6. The Morgan fingerprint density at radius 3 is 2.95 bits per heavy atom. The summed E-state index contributed by atoms with van der Waals surface area (Å²) in [5.74, 6) is 0.0586. The van der Waals surface area contributed by atoms with E-state index in [-0.39, 0.29) is 11.9 Å². The number of benzene rings is 1. The van der Waals surface area contributed by atoms with Crippen molar-refractivity contribution in [3.05, 3.63) is 46.4 Å². The minimum absolute atomic E-state index is 0.0586. The Hall–Kier alpha value is -1.59. The molecule has 21 heavy (non-hydrogen) atoms. The van der Waals surface area contributed by atoms with Gasteiger partial charge in [-0.25, -0.2) is 4.98 Å². The van der Waals surface area contributed by atoms with Gasteiger partial charge >= 0.3 is 0 Å². The number of thiazole rings is 1. The van der Waals surface area contributed by atoms with E-state index in [2.05, 4.69) is 15.2 Å². The molecule has 4 nitrogen and oxygen atoms in total. The Labute approximate surface area is 132 Å². The molecular formula is C15H16ClN3OS. The van der Waals surface area contributed by atoms with Crippen LogP contribution >= 0.6 is 22.9 Å². The minimum Gasteiger partial charge on any atom is -0.351 e. The van der Waals surface area contributed by atoms with Gasteiger partial charge in [0.2, 0.25) is 5.91 Å². The summed E-state index contributed by atoms with van der Waals surface area (Å²) in [6.45, 7) is 1.78. The van der Waals surface area contributed by atoms with E-state index in [9.17, 15) is 4.79 Å². The molecule has 2 aromatic rings. The first-order valence-corrected chi connectivity index (χ1v) is 8.15. The molecule has 0 spiro atoms. The molecule has 1 fully saturated rings. The van der Waals surface area contributed by atoms with Crippen molar-refractivity contribution < 1.29 is 4.79 Å². The molecule has 0 saturated carbocycles. The molecule has 1 aromatic heterocycles. The van der Waals surface area contributed by atoms with Crippen LogP contribution in [0.4, 0.5) is 5.13 Å². The van der Waals surface area contributed by atoms with Crippen molar-refractivity contribution in [1.82, 2.24) is 10.3 Å². The number of carbonyl (C=O) groups is 1. The summed E-state index contributed by atoms with van der Waals surface area (Å²) < 4.78 is 0. The van der Waals surface area contributed by atoms with Gasteiger partial charge in [-0.1, -0.05) is 23.7 Å². The molecule has 110 valence electrons. The smallest absolute Gasteiger partial charge is 0.224 e. The van der Waals surface area contributed by atoms with E-state index in [1.165, 1.54) is 0 Å². The van der Waals surface area contributed by atoms with Crippen LogP contribution in [0.2, 0.25) is 5.02 Å². The molecule has 0 unspecified atom stereocenters. The van der Waals surface area contributed by atoms with Gasteiger partial charge in [-0.15, -0.1) is 11.3 Å². The molecule has 1 atom stereocenters. The lowest BCUT2D eigenvalue weighted by Gasteiger charge is -2.15. The third-order valence-corrected chi connectivity index (χ3v) is 4.61. The highest BCUT2D eigenvalue weighted by atomic mass is 35.5. The SMILES string of the molecule is O=C(Cc1ccc(Cl)cc1)N[C@H]1CCN(c2nccs2)C1. The fraction of sp³-hybridized carbons (Fsp3) is 0.333. The monoisotopic (exact) mass is 321 g/mol. The van der Waals surface area contributed by atoms with Gasteiger partial charge in [-0.2, -0.15) is 0 Å². The van der Waals surface area contributed by atoms with Crippen molar-refractivity contribution >= 4 is 34.0 Å². The van der Waals surface area contributed by atoms with Crippen LogP contribution in [0.1, 0.15) is 12.0 Å². The minimum atomic E-state index is 0.0586. The Bertz CT molecular complexity index is 600. The molecule has 2 heterocycles. The van der Waals surface area contributed by atoms with E-state index < -0.39 is 0 Å². The molecule has 6 heteroatoms. The molecule has 0 aliphatic carbocycles. The summed E-state index contributed by atoms with van der Waals surface area (Å²) in [7, 11) is 0. The lowest BCUT2D eigenvalue weighted by molar-refractivity contribution is -0.121. The average molecular weight is 322 g/mol. The third-order valence-electron chi connectivity index (χ3n) is 3.52. The number of hydrogen-bond donors (Lipinski definition) is 1. The highest BCUT2D eigenvalue weighted by Crippen LogP contribution is 2.22. The van der Waals surface area contributed by atoms with Gasteiger partial charge in [0.1, 0.15) is 0 Å². The molecule has 1 aliphatic rings. The summed E-state index contributed by atoms with van der Waals surface area (Å²) in [5.41, 5.74) is 0.978. The predicted octanol–water partition coefficient (Wildman–Crippen LogP) is 2.73. The molecule has 1 aliphatic heterocycles. The number of halogens is 1. The molecule has 1 aromatic carbocycles. The number of nitrogens with one attached hydrogen (secondary N) is 1. The largest absolute Gasteiger partial charge is 0.351 e. The lowest BCUT2D eigenvalue weighted by Crippen LogP contribution is -2.37. The lowest BCUT2D eigenvalue weighted by atomic mass is 10.1. The first kappa shape index (κ1) is 14.4. The van der Waals surface area contributed by atoms with Crippen LogP contribution < -0.4 is 10.2 Å². The van der Waals surface area contributed by atoms with Gasteiger partial charge in [0.05, 0.1) is 6.42 Å². The van der Waals surface area contributed by atoms with Crippen LogP contribution in [0, 0.1) is 0 Å². The number of anilines is 1. The van der Waals surface area contributed by atoms with Gasteiger partial charge < -0.3 is 10.2 Å². The van der Waals surface area contributed by atoms with E-state index in [4.69, 9.17) is 11.6 Å². The average Bonchev–Trinajstić information content (AvgIpc) is 3.12. The van der Waals surface area contributed by atoms with Gasteiger partial charge in [0, 0.05) is 35.7 Å². The highest BCUT2D eigenvalue weighted by molar-refractivity contribution is 7.13. The second kappa shape index (κ2) is 6.45. The molecular weight excluding hydrogens is 306 g/mol. The summed E-state index contributed by atoms with van der Waals surface area (Å²) in [5, 5.41) is 6.79. The van der Waals surface area contributed by atoms with Gasteiger partial charge in [-0.3, -0.25) is 4.79 Å². The maximum atomic E-state index is 12.1. The van der Waals surface area contributed by atoms with Crippen LogP contribution in [0.15, 0.2) is 35.8 Å². The highest BCUT2D eigenvalue weighted by Gasteiger charge is 2.25. The van der Waals surface area contributed by atoms with Crippen molar-refractivity contribution in [2.45, 2.75) is 18.9 Å². The predicted molar refractivity (Wildman–Crippen MR) is 86.0 cm³/mol. The number of amides is 1. The third kappa shape index (κ3) is 3.74. The second-order valence-corrected chi connectivity index (χ2v) is 6.43. The zero-order chi connectivity index (χ0) is 14.7. The molecule has 1 saturated heterocycles. The normalized spacial score (nSPS) is 18.0. The summed E-state index contributed by atoms with van der Waals surface area (Å²) >= 11 is 7.47. The molecule has 3 rings (SSSR count). The first-order chi connectivity index (χ1) is 10.2. The van der Waals surface area contributed by atoms with Gasteiger partial charge in [0.15, 0.2) is 5.13 Å². The number of hydrogen-bond acceptors (Lipinski definition) is 4. The van der Waals surface area contributed by atoms with Crippen molar-refractivity contribution in [3.63, 3.8) is 0 Å². The second-order valence-electron chi connectivity index (χ2n) is 5.12. The van der Waals surface area contributed by atoms with Crippen LogP contribution in [-0.4, -0.2) is 30.0 Å². The number of nitrogens with zero attached hydrogens (tertiary/aromatic N) is 2. The van der Waals surface area contributed by atoms with Gasteiger partial charge in [-0.05, 0) is 24.1 Å². The van der Waals surface area contributed by atoms with E-state index in [1.54, 1.807) is 11.3 Å². The van der Waals surface area contributed by atoms with Crippen LogP contribution in [0.25, 0.3) is 0 Å². The molecule has 1 N–H and O–H groups in total. The van der Waals surface area contributed by atoms with Crippen molar-refractivity contribution in [2.75, 3.05) is 18.0 Å². The Kier molecular flexibility index (Phi) is 4.41. The maximum Gasteiger partial charge on any atom is 0.224 e.